The van der Waals surface area contributed by atoms with Crippen molar-refractivity contribution in [3.8, 4) is 0 Å². The number of rotatable bonds is 3. The van der Waals surface area contributed by atoms with Crippen LogP contribution in [0.25, 0.3) is 0 Å². The fourth-order valence-corrected chi connectivity index (χ4v) is 2.59. The summed E-state index contributed by atoms with van der Waals surface area (Å²) in [6.45, 7) is 13.7. The molecule has 0 aromatic carbocycles. The molecule has 1 atom stereocenters. The van der Waals surface area contributed by atoms with Crippen LogP contribution in [0.15, 0.2) is 11.6 Å². The van der Waals surface area contributed by atoms with Crippen molar-refractivity contribution in [1.29, 1.82) is 0 Å². The van der Waals surface area contributed by atoms with Crippen LogP contribution in [0, 0.1) is 5.41 Å². The van der Waals surface area contributed by atoms with Crippen LogP contribution in [0.2, 0.25) is 0 Å². The average Bonchev–Trinajstić information content (AvgIpc) is 2.17. The van der Waals surface area contributed by atoms with E-state index in [1.165, 1.54) is 5.57 Å². The van der Waals surface area contributed by atoms with E-state index in [4.69, 9.17) is 9.47 Å². The molecule has 94 valence electrons. The van der Waals surface area contributed by atoms with Crippen LogP contribution in [0.1, 0.15) is 54.4 Å². The molecule has 2 nitrogen and oxygen atoms in total. The van der Waals surface area contributed by atoms with Gasteiger partial charge in [0, 0.05) is 5.41 Å². The summed E-state index contributed by atoms with van der Waals surface area (Å²) in [5.74, 6) is -0.438. The highest BCUT2D eigenvalue weighted by molar-refractivity contribution is 5.13. The molecule has 1 aliphatic rings. The first kappa shape index (κ1) is 13.7. The molecule has 0 radical (unpaired) electrons. The minimum Gasteiger partial charge on any atom is -0.350 e. The van der Waals surface area contributed by atoms with Gasteiger partial charge in [0.15, 0.2) is 5.79 Å². The van der Waals surface area contributed by atoms with E-state index in [0.717, 1.165) is 19.4 Å². The van der Waals surface area contributed by atoms with Gasteiger partial charge in [0.1, 0.15) is 0 Å². The number of hydrogen-bond donors (Lipinski definition) is 0. The van der Waals surface area contributed by atoms with Gasteiger partial charge < -0.3 is 9.47 Å². The van der Waals surface area contributed by atoms with Crippen LogP contribution in [-0.4, -0.2) is 18.5 Å². The molecule has 1 heterocycles. The van der Waals surface area contributed by atoms with Crippen molar-refractivity contribution in [2.45, 2.75) is 66.3 Å². The summed E-state index contributed by atoms with van der Waals surface area (Å²) in [5.41, 5.74) is 1.57. The van der Waals surface area contributed by atoms with Crippen molar-refractivity contribution in [3.63, 3.8) is 0 Å². The molecule has 0 aromatic heterocycles. The molecular weight excluding hydrogens is 200 g/mol. The lowest BCUT2D eigenvalue weighted by Crippen LogP contribution is -2.46. The van der Waals surface area contributed by atoms with Crippen LogP contribution in [0.3, 0.4) is 0 Å². The van der Waals surface area contributed by atoms with Gasteiger partial charge in [0.25, 0.3) is 0 Å². The smallest absolute Gasteiger partial charge is 0.163 e. The summed E-state index contributed by atoms with van der Waals surface area (Å²) in [6.07, 6.45) is 4.55. The van der Waals surface area contributed by atoms with Gasteiger partial charge in [-0.25, -0.2) is 0 Å². The van der Waals surface area contributed by atoms with Gasteiger partial charge in [-0.05, 0) is 33.6 Å². The summed E-state index contributed by atoms with van der Waals surface area (Å²) in [4.78, 5) is 0. The molecule has 1 saturated heterocycles. The Bertz CT molecular complexity index is 264. The molecule has 1 unspecified atom stereocenters. The van der Waals surface area contributed by atoms with Crippen molar-refractivity contribution in [2.24, 2.45) is 5.41 Å². The Labute approximate surface area is 100 Å². The van der Waals surface area contributed by atoms with E-state index in [-0.39, 0.29) is 11.5 Å². The van der Waals surface area contributed by atoms with Gasteiger partial charge in [0.2, 0.25) is 0 Å². The van der Waals surface area contributed by atoms with Crippen molar-refractivity contribution in [3.05, 3.63) is 11.6 Å². The minimum atomic E-state index is -0.438. The standard InChI is InChI=1S/C14H26O2/c1-7-11(8-2)13(3,4)12-9-10-15-14(5,6)16-12/h7,12H,8-10H2,1-6H3. The zero-order valence-corrected chi connectivity index (χ0v) is 11.6. The quantitative estimate of drug-likeness (QED) is 0.679. The van der Waals surface area contributed by atoms with Crippen molar-refractivity contribution < 1.29 is 9.47 Å². The SMILES string of the molecule is CC=C(CC)C(C)(C)C1CCOC(C)(C)O1. The zero-order valence-electron chi connectivity index (χ0n) is 11.6. The zero-order chi connectivity index (χ0) is 12.4. The summed E-state index contributed by atoms with van der Waals surface area (Å²) >= 11 is 0. The first-order valence-corrected chi connectivity index (χ1v) is 6.31. The second kappa shape index (κ2) is 4.89. The Morgan fingerprint density at radius 1 is 1.44 bits per heavy atom. The van der Waals surface area contributed by atoms with Crippen LogP contribution in [0.5, 0.6) is 0 Å². The molecule has 2 heteroatoms. The molecular formula is C14H26O2. The lowest BCUT2D eigenvalue weighted by Gasteiger charge is -2.44. The normalized spacial score (nSPS) is 26.9. The van der Waals surface area contributed by atoms with Crippen molar-refractivity contribution in [1.82, 2.24) is 0 Å². The maximum absolute atomic E-state index is 6.06. The fraction of sp³-hybridized carbons (Fsp3) is 0.857. The van der Waals surface area contributed by atoms with E-state index in [9.17, 15) is 0 Å². The van der Waals surface area contributed by atoms with Crippen molar-refractivity contribution >= 4 is 0 Å². The Morgan fingerprint density at radius 2 is 2.06 bits per heavy atom. The number of allylic oxidation sites excluding steroid dienone is 1. The highest BCUT2D eigenvalue weighted by atomic mass is 16.7. The molecule has 0 spiro atoms. The number of hydrogen-bond acceptors (Lipinski definition) is 2. The van der Waals surface area contributed by atoms with Gasteiger partial charge in [-0.15, -0.1) is 0 Å². The molecule has 0 N–H and O–H groups in total. The van der Waals surface area contributed by atoms with Gasteiger partial charge in [-0.3, -0.25) is 0 Å². The van der Waals surface area contributed by atoms with E-state index in [1.807, 2.05) is 13.8 Å². The van der Waals surface area contributed by atoms with Crippen LogP contribution >= 0.6 is 0 Å². The largest absolute Gasteiger partial charge is 0.350 e. The maximum atomic E-state index is 6.06. The topological polar surface area (TPSA) is 18.5 Å². The predicted octanol–water partition coefficient (Wildman–Crippen LogP) is 3.91. The Balaban J connectivity index is 2.83. The summed E-state index contributed by atoms with van der Waals surface area (Å²) in [6, 6.07) is 0. The molecule has 1 rings (SSSR count). The lowest BCUT2D eigenvalue weighted by atomic mass is 9.76. The average molecular weight is 226 g/mol. The van der Waals surface area contributed by atoms with E-state index >= 15 is 0 Å². The highest BCUT2D eigenvalue weighted by Gasteiger charge is 2.39. The van der Waals surface area contributed by atoms with Crippen LogP contribution < -0.4 is 0 Å². The molecule has 0 aliphatic carbocycles. The first-order chi connectivity index (χ1) is 7.33. The third-order valence-corrected chi connectivity index (χ3v) is 3.62. The predicted molar refractivity (Wildman–Crippen MR) is 67.4 cm³/mol. The van der Waals surface area contributed by atoms with Gasteiger partial charge in [0.05, 0.1) is 12.7 Å². The Morgan fingerprint density at radius 3 is 2.50 bits per heavy atom. The number of ether oxygens (including phenoxy) is 2. The van der Waals surface area contributed by atoms with Crippen LogP contribution in [-0.2, 0) is 9.47 Å². The second-order valence-corrected chi connectivity index (χ2v) is 5.53. The fourth-order valence-electron chi connectivity index (χ4n) is 2.59. The first-order valence-electron chi connectivity index (χ1n) is 6.31. The Hall–Kier alpha value is -0.340. The van der Waals surface area contributed by atoms with E-state index < -0.39 is 5.79 Å². The molecule has 0 bridgehead atoms. The third-order valence-electron chi connectivity index (χ3n) is 3.62. The second-order valence-electron chi connectivity index (χ2n) is 5.53. The summed E-state index contributed by atoms with van der Waals surface area (Å²) in [5, 5.41) is 0. The minimum absolute atomic E-state index is 0.102. The Kier molecular flexibility index (Phi) is 4.19. The molecule has 0 saturated carbocycles. The van der Waals surface area contributed by atoms with Gasteiger partial charge in [-0.1, -0.05) is 32.4 Å². The summed E-state index contributed by atoms with van der Waals surface area (Å²) < 4.78 is 11.7. The molecule has 16 heavy (non-hydrogen) atoms. The lowest BCUT2D eigenvalue weighted by molar-refractivity contribution is -0.288. The molecule has 0 aromatic rings. The third kappa shape index (κ3) is 2.86. The molecule has 1 fully saturated rings. The molecule has 1 aliphatic heterocycles. The van der Waals surface area contributed by atoms with Crippen molar-refractivity contribution in [2.75, 3.05) is 6.61 Å². The van der Waals surface area contributed by atoms with Gasteiger partial charge in [-0.2, -0.15) is 0 Å². The van der Waals surface area contributed by atoms with E-state index in [0.29, 0.717) is 0 Å². The van der Waals surface area contributed by atoms with E-state index in [2.05, 4.69) is 33.8 Å². The highest BCUT2D eigenvalue weighted by Crippen LogP contribution is 2.39. The molecule has 0 amide bonds. The summed E-state index contributed by atoms with van der Waals surface area (Å²) in [7, 11) is 0. The van der Waals surface area contributed by atoms with Crippen LogP contribution in [0.4, 0.5) is 0 Å². The van der Waals surface area contributed by atoms with E-state index in [1.54, 1.807) is 0 Å². The van der Waals surface area contributed by atoms with Gasteiger partial charge >= 0.3 is 0 Å². The monoisotopic (exact) mass is 226 g/mol. The maximum Gasteiger partial charge on any atom is 0.163 e.